The molecule has 0 aliphatic carbocycles. The normalized spacial score (nSPS) is 22.5. The van der Waals surface area contributed by atoms with E-state index in [0.717, 1.165) is 36.9 Å². The second-order valence-electron chi connectivity index (χ2n) is 6.28. The van der Waals surface area contributed by atoms with Crippen LogP contribution in [0.2, 0.25) is 5.02 Å². The van der Waals surface area contributed by atoms with E-state index in [1.165, 1.54) is 0 Å². The summed E-state index contributed by atoms with van der Waals surface area (Å²) in [7, 11) is 2.05. The Morgan fingerprint density at radius 1 is 1.21 bits per heavy atom. The number of piperazine rings is 1. The zero-order valence-electron chi connectivity index (χ0n) is 14.0. The van der Waals surface area contributed by atoms with Crippen LogP contribution in [0.25, 0.3) is 0 Å². The predicted molar refractivity (Wildman–Crippen MR) is 93.8 cm³/mol. The Morgan fingerprint density at radius 2 is 1.92 bits per heavy atom. The fraction of sp³-hybridized carbons (Fsp3) is 0.588. The SMILES string of the molecule is CN1CCOC(COC(=O)N2CCN(c3ccc(Cl)cc3)CC2)C1. The molecule has 1 aromatic rings. The molecular formula is C17H24ClN3O3. The van der Waals surface area contributed by atoms with Gasteiger partial charge in [0.25, 0.3) is 0 Å². The Kier molecular flexibility index (Phi) is 5.81. The number of likely N-dealkylation sites (N-methyl/N-ethyl adjacent to an activating group) is 1. The van der Waals surface area contributed by atoms with E-state index in [9.17, 15) is 4.79 Å². The average Bonchev–Trinajstić information content (AvgIpc) is 2.61. The molecule has 2 aliphatic heterocycles. The van der Waals surface area contributed by atoms with Crippen molar-refractivity contribution in [1.82, 2.24) is 9.80 Å². The molecule has 2 saturated heterocycles. The number of hydrogen-bond acceptors (Lipinski definition) is 5. The highest BCUT2D eigenvalue weighted by Crippen LogP contribution is 2.19. The summed E-state index contributed by atoms with van der Waals surface area (Å²) >= 11 is 5.92. The van der Waals surface area contributed by atoms with Gasteiger partial charge in [0.2, 0.25) is 0 Å². The third-order valence-electron chi connectivity index (χ3n) is 4.46. The zero-order valence-corrected chi connectivity index (χ0v) is 14.7. The first-order chi connectivity index (χ1) is 11.6. The van der Waals surface area contributed by atoms with Gasteiger partial charge in [-0.15, -0.1) is 0 Å². The van der Waals surface area contributed by atoms with Crippen molar-refractivity contribution in [3.8, 4) is 0 Å². The number of carbonyl (C=O) groups is 1. The van der Waals surface area contributed by atoms with E-state index >= 15 is 0 Å². The first kappa shape index (κ1) is 17.3. The molecule has 1 aromatic carbocycles. The number of benzene rings is 1. The Labute approximate surface area is 147 Å². The maximum Gasteiger partial charge on any atom is 0.409 e. The van der Waals surface area contributed by atoms with Gasteiger partial charge in [-0.25, -0.2) is 4.79 Å². The third kappa shape index (κ3) is 4.53. The van der Waals surface area contributed by atoms with Crippen LogP contribution in [-0.4, -0.2) is 81.5 Å². The van der Waals surface area contributed by atoms with Crippen molar-refractivity contribution in [2.75, 3.05) is 64.4 Å². The Morgan fingerprint density at radius 3 is 2.58 bits per heavy atom. The van der Waals surface area contributed by atoms with Crippen molar-refractivity contribution in [2.45, 2.75) is 6.10 Å². The lowest BCUT2D eigenvalue weighted by Crippen LogP contribution is -2.50. The van der Waals surface area contributed by atoms with Crippen LogP contribution in [0.15, 0.2) is 24.3 Å². The summed E-state index contributed by atoms with van der Waals surface area (Å²) in [5.74, 6) is 0. The lowest BCUT2D eigenvalue weighted by molar-refractivity contribution is -0.0523. The first-order valence-electron chi connectivity index (χ1n) is 8.34. The van der Waals surface area contributed by atoms with Crippen LogP contribution < -0.4 is 4.90 Å². The zero-order chi connectivity index (χ0) is 16.9. The smallest absolute Gasteiger partial charge is 0.409 e. The van der Waals surface area contributed by atoms with Gasteiger partial charge in [0, 0.05) is 50.0 Å². The molecule has 2 aliphatic rings. The molecule has 1 amide bonds. The monoisotopic (exact) mass is 353 g/mol. The van der Waals surface area contributed by atoms with Gasteiger partial charge < -0.3 is 24.2 Å². The molecule has 0 radical (unpaired) electrons. The molecule has 1 atom stereocenters. The fourth-order valence-corrected chi connectivity index (χ4v) is 3.15. The number of carbonyl (C=O) groups excluding carboxylic acids is 1. The minimum Gasteiger partial charge on any atom is -0.447 e. The largest absolute Gasteiger partial charge is 0.447 e. The summed E-state index contributed by atoms with van der Waals surface area (Å²) in [6.07, 6.45) is -0.273. The summed E-state index contributed by atoms with van der Waals surface area (Å²) in [5.41, 5.74) is 1.13. The van der Waals surface area contributed by atoms with Crippen molar-refractivity contribution in [2.24, 2.45) is 0 Å². The molecule has 24 heavy (non-hydrogen) atoms. The van der Waals surface area contributed by atoms with Crippen LogP contribution in [-0.2, 0) is 9.47 Å². The predicted octanol–water partition coefficient (Wildman–Crippen LogP) is 1.93. The molecule has 6 nitrogen and oxygen atoms in total. The van der Waals surface area contributed by atoms with Gasteiger partial charge in [0.1, 0.15) is 12.7 Å². The highest BCUT2D eigenvalue weighted by Gasteiger charge is 2.24. The van der Waals surface area contributed by atoms with Crippen LogP contribution in [0.5, 0.6) is 0 Å². The van der Waals surface area contributed by atoms with Crippen molar-refractivity contribution in [3.05, 3.63) is 29.3 Å². The Hall–Kier alpha value is -1.50. The molecule has 1 unspecified atom stereocenters. The summed E-state index contributed by atoms with van der Waals surface area (Å²) in [6.45, 7) is 5.65. The Bertz CT molecular complexity index is 547. The van der Waals surface area contributed by atoms with Gasteiger partial charge in [-0.05, 0) is 31.3 Å². The number of nitrogens with zero attached hydrogens (tertiary/aromatic N) is 3. The molecule has 0 aromatic heterocycles. The van der Waals surface area contributed by atoms with Gasteiger partial charge in [-0.1, -0.05) is 11.6 Å². The molecule has 2 heterocycles. The van der Waals surface area contributed by atoms with E-state index in [-0.39, 0.29) is 12.2 Å². The molecule has 3 rings (SSSR count). The molecule has 0 spiro atoms. The van der Waals surface area contributed by atoms with Crippen molar-refractivity contribution < 1.29 is 14.3 Å². The lowest BCUT2D eigenvalue weighted by Gasteiger charge is -2.36. The topological polar surface area (TPSA) is 45.3 Å². The number of hydrogen-bond donors (Lipinski definition) is 0. The Balaban J connectivity index is 1.42. The molecule has 0 saturated carbocycles. The molecule has 0 bridgehead atoms. The van der Waals surface area contributed by atoms with Gasteiger partial charge in [-0.3, -0.25) is 0 Å². The highest BCUT2D eigenvalue weighted by molar-refractivity contribution is 6.30. The number of amides is 1. The highest BCUT2D eigenvalue weighted by atomic mass is 35.5. The number of rotatable bonds is 3. The summed E-state index contributed by atoms with van der Waals surface area (Å²) < 4.78 is 11.0. The van der Waals surface area contributed by atoms with Crippen molar-refractivity contribution >= 4 is 23.4 Å². The minimum absolute atomic E-state index is 0.0249. The second kappa shape index (κ2) is 8.05. The number of anilines is 1. The number of morpholine rings is 1. The van der Waals surface area contributed by atoms with Crippen LogP contribution in [0, 0.1) is 0 Å². The summed E-state index contributed by atoms with van der Waals surface area (Å²) in [5, 5.41) is 0.733. The third-order valence-corrected chi connectivity index (χ3v) is 4.72. The quantitative estimate of drug-likeness (QED) is 0.831. The van der Waals surface area contributed by atoms with E-state index in [2.05, 4.69) is 9.80 Å². The first-order valence-corrected chi connectivity index (χ1v) is 8.72. The second-order valence-corrected chi connectivity index (χ2v) is 6.72. The van der Waals surface area contributed by atoms with E-state index < -0.39 is 0 Å². The number of halogens is 1. The standard InChI is InChI=1S/C17H24ClN3O3/c1-19-10-11-23-16(12-19)13-24-17(22)21-8-6-20(7-9-21)15-4-2-14(18)3-5-15/h2-5,16H,6-13H2,1H3. The van der Waals surface area contributed by atoms with Crippen molar-refractivity contribution in [3.63, 3.8) is 0 Å². The average molecular weight is 354 g/mol. The van der Waals surface area contributed by atoms with Gasteiger partial charge in [-0.2, -0.15) is 0 Å². The van der Waals surface area contributed by atoms with Crippen LogP contribution in [0.1, 0.15) is 0 Å². The van der Waals surface area contributed by atoms with Gasteiger partial charge >= 0.3 is 6.09 Å². The molecule has 0 N–H and O–H groups in total. The summed E-state index contributed by atoms with van der Waals surface area (Å²) in [6, 6.07) is 7.79. The molecular weight excluding hydrogens is 330 g/mol. The lowest BCUT2D eigenvalue weighted by atomic mass is 10.2. The molecule has 2 fully saturated rings. The van der Waals surface area contributed by atoms with E-state index in [4.69, 9.17) is 21.1 Å². The fourth-order valence-electron chi connectivity index (χ4n) is 3.02. The number of ether oxygens (including phenoxy) is 2. The van der Waals surface area contributed by atoms with Crippen LogP contribution in [0.3, 0.4) is 0 Å². The van der Waals surface area contributed by atoms with E-state index in [0.29, 0.717) is 26.3 Å². The van der Waals surface area contributed by atoms with Crippen LogP contribution >= 0.6 is 11.6 Å². The van der Waals surface area contributed by atoms with Crippen LogP contribution in [0.4, 0.5) is 10.5 Å². The summed E-state index contributed by atoms with van der Waals surface area (Å²) in [4.78, 5) is 18.4. The maximum absolute atomic E-state index is 12.2. The maximum atomic E-state index is 12.2. The van der Waals surface area contributed by atoms with Gasteiger partial charge in [0.15, 0.2) is 0 Å². The molecule has 7 heteroatoms. The van der Waals surface area contributed by atoms with E-state index in [1.807, 2.05) is 31.3 Å². The van der Waals surface area contributed by atoms with E-state index in [1.54, 1.807) is 4.90 Å². The van der Waals surface area contributed by atoms with Crippen molar-refractivity contribution in [1.29, 1.82) is 0 Å². The minimum atomic E-state index is -0.248. The van der Waals surface area contributed by atoms with Gasteiger partial charge in [0.05, 0.1) is 6.61 Å². The molecule has 132 valence electrons.